The second-order valence-electron chi connectivity index (χ2n) is 7.31. The zero-order valence-electron chi connectivity index (χ0n) is 15.6. The fraction of sp³-hybridized carbons (Fsp3) is 0.227. The lowest BCUT2D eigenvalue weighted by Gasteiger charge is -2.11. The number of nitrogens with one attached hydrogen (secondary N) is 1. The van der Waals surface area contributed by atoms with Gasteiger partial charge < -0.3 is 10.2 Å². The van der Waals surface area contributed by atoms with Crippen LogP contribution in [0.25, 0.3) is 5.69 Å². The molecule has 1 unspecified atom stereocenters. The molecule has 1 aliphatic carbocycles. The van der Waals surface area contributed by atoms with Crippen LogP contribution in [-0.2, 0) is 9.63 Å². The first-order chi connectivity index (χ1) is 14.2. The standard InChI is InChI=1S/C22H19BrN4O2/c23-16-6-4-5-15(11-16)19-12-20(29-26-19)22(28)24-21-13-18(14-9-10-14)25-27(21)17-7-2-1-3-8-17/h1-8,11,13-14,20H,9-10,12H2,(H,24,28). The Labute approximate surface area is 176 Å². The highest BCUT2D eigenvalue weighted by Crippen LogP contribution is 2.40. The summed E-state index contributed by atoms with van der Waals surface area (Å²) in [5.41, 5.74) is 3.64. The molecule has 1 fully saturated rings. The van der Waals surface area contributed by atoms with Crippen LogP contribution < -0.4 is 5.32 Å². The normalized spacial score (nSPS) is 18.2. The predicted molar refractivity (Wildman–Crippen MR) is 114 cm³/mol. The number of anilines is 1. The number of hydrogen-bond acceptors (Lipinski definition) is 4. The molecule has 1 aromatic heterocycles. The summed E-state index contributed by atoms with van der Waals surface area (Å²) in [6.07, 6.45) is 2.06. The van der Waals surface area contributed by atoms with E-state index in [2.05, 4.69) is 26.4 Å². The molecule has 5 rings (SSSR count). The number of rotatable bonds is 5. The molecular weight excluding hydrogens is 432 g/mol. The van der Waals surface area contributed by atoms with E-state index in [-0.39, 0.29) is 5.91 Å². The lowest BCUT2D eigenvalue weighted by atomic mass is 10.0. The van der Waals surface area contributed by atoms with E-state index in [1.807, 2.05) is 60.7 Å². The Hall–Kier alpha value is -2.93. The number of oxime groups is 1. The molecule has 6 nitrogen and oxygen atoms in total. The molecule has 2 aliphatic rings. The molecule has 0 spiro atoms. The van der Waals surface area contributed by atoms with E-state index in [1.54, 1.807) is 4.68 Å². The van der Waals surface area contributed by atoms with Crippen LogP contribution in [0.15, 0.2) is 70.3 Å². The number of amides is 1. The first-order valence-electron chi connectivity index (χ1n) is 9.62. The molecule has 2 aromatic carbocycles. The quantitative estimate of drug-likeness (QED) is 0.615. The van der Waals surface area contributed by atoms with Crippen LogP contribution in [-0.4, -0.2) is 27.5 Å². The fourth-order valence-corrected chi connectivity index (χ4v) is 3.80. The minimum Gasteiger partial charge on any atom is -0.382 e. The van der Waals surface area contributed by atoms with Crippen molar-refractivity contribution in [1.82, 2.24) is 9.78 Å². The number of halogens is 1. The number of benzene rings is 2. The molecule has 29 heavy (non-hydrogen) atoms. The average molecular weight is 451 g/mol. The van der Waals surface area contributed by atoms with Gasteiger partial charge in [0, 0.05) is 28.4 Å². The van der Waals surface area contributed by atoms with Crippen molar-refractivity contribution in [3.05, 3.63) is 76.4 Å². The highest BCUT2D eigenvalue weighted by Gasteiger charge is 2.31. The van der Waals surface area contributed by atoms with Gasteiger partial charge in [-0.2, -0.15) is 5.10 Å². The lowest BCUT2D eigenvalue weighted by Crippen LogP contribution is -2.29. The molecule has 1 aliphatic heterocycles. The van der Waals surface area contributed by atoms with Crippen LogP contribution in [0.3, 0.4) is 0 Å². The molecule has 146 valence electrons. The summed E-state index contributed by atoms with van der Waals surface area (Å²) >= 11 is 3.46. The first kappa shape index (κ1) is 18.1. The molecule has 1 N–H and O–H groups in total. The summed E-state index contributed by atoms with van der Waals surface area (Å²) in [6, 6.07) is 19.6. The maximum atomic E-state index is 12.9. The number of hydrogen-bond donors (Lipinski definition) is 1. The average Bonchev–Trinajstić information content (AvgIpc) is 3.31. The Morgan fingerprint density at radius 1 is 1.10 bits per heavy atom. The Balaban J connectivity index is 1.34. The third-order valence-electron chi connectivity index (χ3n) is 5.10. The van der Waals surface area contributed by atoms with Crippen molar-refractivity contribution in [2.24, 2.45) is 5.16 Å². The van der Waals surface area contributed by atoms with Crippen molar-refractivity contribution in [2.45, 2.75) is 31.3 Å². The Morgan fingerprint density at radius 2 is 1.93 bits per heavy atom. The van der Waals surface area contributed by atoms with E-state index >= 15 is 0 Å². The summed E-state index contributed by atoms with van der Waals surface area (Å²) < 4.78 is 2.75. The van der Waals surface area contributed by atoms with Gasteiger partial charge in [0.1, 0.15) is 5.82 Å². The van der Waals surface area contributed by atoms with E-state index < -0.39 is 6.10 Å². The molecule has 2 heterocycles. The SMILES string of the molecule is O=C(Nc1cc(C2CC2)nn1-c1ccccc1)C1CC(c2cccc(Br)c2)=NO1. The van der Waals surface area contributed by atoms with Gasteiger partial charge >= 0.3 is 0 Å². The van der Waals surface area contributed by atoms with Gasteiger partial charge in [0.05, 0.1) is 17.1 Å². The second kappa shape index (κ2) is 7.48. The first-order valence-corrected chi connectivity index (χ1v) is 10.4. The Morgan fingerprint density at radius 3 is 2.69 bits per heavy atom. The van der Waals surface area contributed by atoms with Crippen LogP contribution in [0, 0.1) is 0 Å². The van der Waals surface area contributed by atoms with E-state index in [0.29, 0.717) is 18.2 Å². The molecule has 0 bridgehead atoms. The van der Waals surface area contributed by atoms with E-state index in [0.717, 1.165) is 40.0 Å². The van der Waals surface area contributed by atoms with Crippen LogP contribution in [0.4, 0.5) is 5.82 Å². The molecule has 3 aromatic rings. The number of nitrogens with zero attached hydrogens (tertiary/aromatic N) is 3. The van der Waals surface area contributed by atoms with Crippen LogP contribution in [0.1, 0.15) is 36.4 Å². The molecule has 1 saturated carbocycles. The Bertz CT molecular complexity index is 1090. The summed E-state index contributed by atoms with van der Waals surface area (Å²) in [6.45, 7) is 0. The largest absolute Gasteiger partial charge is 0.382 e. The molecule has 0 radical (unpaired) electrons. The second-order valence-corrected chi connectivity index (χ2v) is 8.23. The predicted octanol–water partition coefficient (Wildman–Crippen LogP) is 4.64. The summed E-state index contributed by atoms with van der Waals surface area (Å²) in [7, 11) is 0. The fourth-order valence-electron chi connectivity index (χ4n) is 3.40. The van der Waals surface area contributed by atoms with Gasteiger partial charge in [0.25, 0.3) is 5.91 Å². The maximum absolute atomic E-state index is 12.9. The van der Waals surface area contributed by atoms with Crippen LogP contribution >= 0.6 is 15.9 Å². The summed E-state index contributed by atoms with van der Waals surface area (Å²) in [4.78, 5) is 18.3. The Kier molecular flexibility index (Phi) is 4.67. The van der Waals surface area contributed by atoms with Gasteiger partial charge in [-0.05, 0) is 37.1 Å². The number of carbonyl (C=O) groups excluding carboxylic acids is 1. The summed E-state index contributed by atoms with van der Waals surface area (Å²) in [5, 5.41) is 11.8. The zero-order valence-corrected chi connectivity index (χ0v) is 17.2. The van der Waals surface area contributed by atoms with E-state index in [4.69, 9.17) is 9.94 Å². The van der Waals surface area contributed by atoms with E-state index in [9.17, 15) is 4.79 Å². The minimum absolute atomic E-state index is 0.224. The van der Waals surface area contributed by atoms with Gasteiger partial charge in [-0.15, -0.1) is 0 Å². The van der Waals surface area contributed by atoms with Crippen molar-refractivity contribution in [2.75, 3.05) is 5.32 Å². The molecule has 1 atom stereocenters. The van der Waals surface area contributed by atoms with Crippen molar-refractivity contribution in [3.63, 3.8) is 0 Å². The van der Waals surface area contributed by atoms with Gasteiger partial charge in [-0.1, -0.05) is 51.4 Å². The smallest absolute Gasteiger partial charge is 0.269 e. The van der Waals surface area contributed by atoms with Crippen LogP contribution in [0.5, 0.6) is 0 Å². The molecule has 7 heteroatoms. The number of para-hydroxylation sites is 1. The van der Waals surface area contributed by atoms with Gasteiger partial charge in [0.15, 0.2) is 0 Å². The van der Waals surface area contributed by atoms with Gasteiger partial charge in [-0.3, -0.25) is 4.79 Å². The monoisotopic (exact) mass is 450 g/mol. The molecular formula is C22H19BrN4O2. The number of carbonyl (C=O) groups is 1. The maximum Gasteiger partial charge on any atom is 0.269 e. The molecule has 0 saturated heterocycles. The highest BCUT2D eigenvalue weighted by atomic mass is 79.9. The lowest BCUT2D eigenvalue weighted by molar-refractivity contribution is -0.125. The van der Waals surface area contributed by atoms with Crippen molar-refractivity contribution in [3.8, 4) is 5.69 Å². The van der Waals surface area contributed by atoms with Gasteiger partial charge in [0.2, 0.25) is 6.10 Å². The number of aromatic nitrogens is 2. The minimum atomic E-state index is -0.660. The topological polar surface area (TPSA) is 68.5 Å². The zero-order chi connectivity index (χ0) is 19.8. The third kappa shape index (κ3) is 3.82. The highest BCUT2D eigenvalue weighted by molar-refractivity contribution is 9.10. The van der Waals surface area contributed by atoms with E-state index in [1.165, 1.54) is 0 Å². The summed E-state index contributed by atoms with van der Waals surface area (Å²) in [5.74, 6) is 0.922. The van der Waals surface area contributed by atoms with Crippen molar-refractivity contribution >= 4 is 33.4 Å². The third-order valence-corrected chi connectivity index (χ3v) is 5.59. The van der Waals surface area contributed by atoms with Crippen molar-refractivity contribution in [1.29, 1.82) is 0 Å². The van der Waals surface area contributed by atoms with Gasteiger partial charge in [-0.25, -0.2) is 4.68 Å². The molecule has 1 amide bonds. The van der Waals surface area contributed by atoms with Crippen LogP contribution in [0.2, 0.25) is 0 Å². The van der Waals surface area contributed by atoms with Crippen molar-refractivity contribution < 1.29 is 9.63 Å².